The Bertz CT molecular complexity index is 879. The summed E-state index contributed by atoms with van der Waals surface area (Å²) in [4.78, 5) is 28.1. The molecule has 4 rings (SSSR count). The van der Waals surface area contributed by atoms with Crippen molar-refractivity contribution in [3.05, 3.63) is 59.7 Å². The monoisotopic (exact) mass is 382 g/mol. The fourth-order valence-corrected chi connectivity index (χ4v) is 3.60. The van der Waals surface area contributed by atoms with Crippen LogP contribution < -0.4 is 9.64 Å². The molecule has 0 aromatic heterocycles. The number of hydrogen-bond acceptors (Lipinski definition) is 5. The van der Waals surface area contributed by atoms with Crippen molar-refractivity contribution >= 4 is 17.6 Å². The summed E-state index contributed by atoms with van der Waals surface area (Å²) in [6, 6.07) is 14.5. The number of nitrogens with zero attached hydrogens (tertiary/aromatic N) is 2. The van der Waals surface area contributed by atoms with Gasteiger partial charge in [-0.15, -0.1) is 0 Å². The second kappa shape index (κ2) is 7.90. The summed E-state index contributed by atoms with van der Waals surface area (Å²) in [5.41, 5.74) is 2.02. The van der Waals surface area contributed by atoms with E-state index in [1.165, 1.54) is 0 Å². The van der Waals surface area contributed by atoms with Crippen LogP contribution in [0.2, 0.25) is 0 Å². The highest BCUT2D eigenvalue weighted by atomic mass is 16.5. The van der Waals surface area contributed by atoms with Crippen molar-refractivity contribution in [2.75, 3.05) is 37.7 Å². The molecular weight excluding hydrogens is 360 g/mol. The van der Waals surface area contributed by atoms with Gasteiger partial charge in [0.15, 0.2) is 6.10 Å². The summed E-state index contributed by atoms with van der Waals surface area (Å²) in [5, 5.41) is 9.24. The van der Waals surface area contributed by atoms with Crippen LogP contribution in [0.15, 0.2) is 48.5 Å². The summed E-state index contributed by atoms with van der Waals surface area (Å²) < 4.78 is 11.3. The van der Waals surface area contributed by atoms with E-state index >= 15 is 0 Å². The number of carboxylic acid groups (broad SMARTS) is 1. The highest BCUT2D eigenvalue weighted by Crippen LogP contribution is 2.34. The summed E-state index contributed by atoms with van der Waals surface area (Å²) >= 11 is 0. The predicted octanol–water partition coefficient (Wildman–Crippen LogP) is 2.01. The molecule has 1 atom stereocenters. The number of morpholine rings is 1. The molecule has 0 bridgehead atoms. The normalized spacial score (nSPS) is 18.9. The summed E-state index contributed by atoms with van der Waals surface area (Å²) in [5.74, 6) is -0.332. The van der Waals surface area contributed by atoms with Crippen LogP contribution in [0.25, 0.3) is 0 Å². The number of carbonyl (C=O) groups is 2. The Morgan fingerprint density at radius 2 is 1.86 bits per heavy atom. The molecule has 2 aromatic carbocycles. The number of amides is 1. The molecule has 2 aliphatic rings. The fourth-order valence-electron chi connectivity index (χ4n) is 3.60. The van der Waals surface area contributed by atoms with Gasteiger partial charge in [-0.05, 0) is 29.8 Å². The number of rotatable bonds is 4. The first kappa shape index (κ1) is 18.3. The first-order chi connectivity index (χ1) is 13.6. The van der Waals surface area contributed by atoms with Gasteiger partial charge < -0.3 is 24.4 Å². The number of benzene rings is 2. The maximum Gasteiger partial charge on any atom is 0.335 e. The van der Waals surface area contributed by atoms with Crippen molar-refractivity contribution < 1.29 is 24.2 Å². The van der Waals surface area contributed by atoms with Gasteiger partial charge in [0.2, 0.25) is 0 Å². The third kappa shape index (κ3) is 3.80. The molecule has 1 amide bonds. The molecule has 7 heteroatoms. The van der Waals surface area contributed by atoms with Gasteiger partial charge in [0.25, 0.3) is 5.91 Å². The minimum Gasteiger partial charge on any atom is -0.478 e. The van der Waals surface area contributed by atoms with Crippen LogP contribution >= 0.6 is 0 Å². The molecule has 7 nitrogen and oxygen atoms in total. The standard InChI is InChI=1S/C21H22N2O5/c24-20(22-8-10-27-11-9-22)19-14-23(17-6-1-2-7-18(17)28-19)13-15-4-3-5-16(12-15)21(25)26/h1-7,12,19H,8-11,13-14H2,(H,25,26). The summed E-state index contributed by atoms with van der Waals surface area (Å²) in [6.07, 6.45) is -0.601. The van der Waals surface area contributed by atoms with Gasteiger partial charge in [-0.3, -0.25) is 4.79 Å². The van der Waals surface area contributed by atoms with Gasteiger partial charge >= 0.3 is 5.97 Å². The molecule has 28 heavy (non-hydrogen) atoms. The first-order valence-electron chi connectivity index (χ1n) is 9.31. The summed E-state index contributed by atoms with van der Waals surface area (Å²) in [7, 11) is 0. The van der Waals surface area contributed by atoms with E-state index in [0.717, 1.165) is 11.3 Å². The van der Waals surface area contributed by atoms with E-state index in [2.05, 4.69) is 4.90 Å². The third-order valence-corrected chi connectivity index (χ3v) is 5.01. The Balaban J connectivity index is 1.58. The molecule has 0 saturated carbocycles. The highest BCUT2D eigenvalue weighted by Gasteiger charge is 2.34. The molecule has 2 aromatic rings. The number of ether oxygens (including phenoxy) is 2. The zero-order valence-electron chi connectivity index (χ0n) is 15.4. The van der Waals surface area contributed by atoms with Crippen LogP contribution in [0, 0.1) is 0 Å². The zero-order valence-corrected chi connectivity index (χ0v) is 15.4. The Labute approximate surface area is 163 Å². The largest absolute Gasteiger partial charge is 0.478 e. The van der Waals surface area contributed by atoms with Crippen molar-refractivity contribution in [1.29, 1.82) is 0 Å². The van der Waals surface area contributed by atoms with Gasteiger partial charge in [-0.2, -0.15) is 0 Å². The number of carboxylic acids is 1. The molecular formula is C21H22N2O5. The second-order valence-corrected chi connectivity index (χ2v) is 6.90. The molecule has 0 spiro atoms. The maximum absolute atomic E-state index is 12.9. The summed E-state index contributed by atoms with van der Waals surface area (Å²) in [6.45, 7) is 3.13. The van der Waals surface area contributed by atoms with E-state index in [4.69, 9.17) is 9.47 Å². The predicted molar refractivity (Wildman–Crippen MR) is 103 cm³/mol. The number of fused-ring (bicyclic) bond motifs is 1. The van der Waals surface area contributed by atoms with E-state index in [0.29, 0.717) is 45.1 Å². The van der Waals surface area contributed by atoms with Gasteiger partial charge in [-0.1, -0.05) is 24.3 Å². The lowest BCUT2D eigenvalue weighted by Crippen LogP contribution is -2.52. The van der Waals surface area contributed by atoms with Crippen molar-refractivity contribution in [3.63, 3.8) is 0 Å². The van der Waals surface area contributed by atoms with Crippen LogP contribution in [0.5, 0.6) is 5.75 Å². The smallest absolute Gasteiger partial charge is 0.335 e. The number of carbonyl (C=O) groups excluding carboxylic acids is 1. The molecule has 0 radical (unpaired) electrons. The first-order valence-corrected chi connectivity index (χ1v) is 9.31. The quantitative estimate of drug-likeness (QED) is 0.872. The van der Waals surface area contributed by atoms with Crippen LogP contribution in [-0.2, 0) is 16.1 Å². The molecule has 1 saturated heterocycles. The second-order valence-electron chi connectivity index (χ2n) is 6.90. The van der Waals surface area contributed by atoms with Gasteiger partial charge in [0, 0.05) is 19.6 Å². The molecule has 1 unspecified atom stereocenters. The molecule has 2 heterocycles. The number of aromatic carboxylic acids is 1. The lowest BCUT2D eigenvalue weighted by molar-refractivity contribution is -0.142. The molecule has 1 N–H and O–H groups in total. The Morgan fingerprint density at radius 3 is 2.64 bits per heavy atom. The average molecular weight is 382 g/mol. The van der Waals surface area contributed by atoms with E-state index in [-0.39, 0.29) is 11.5 Å². The number of para-hydroxylation sites is 2. The average Bonchev–Trinajstić information content (AvgIpc) is 2.74. The minimum absolute atomic E-state index is 0.0397. The van der Waals surface area contributed by atoms with Gasteiger partial charge in [0.05, 0.1) is 31.0 Å². The van der Waals surface area contributed by atoms with Crippen LogP contribution in [0.1, 0.15) is 15.9 Å². The molecule has 0 aliphatic carbocycles. The Morgan fingerprint density at radius 1 is 1.07 bits per heavy atom. The van der Waals surface area contributed by atoms with Crippen molar-refractivity contribution in [1.82, 2.24) is 4.90 Å². The number of hydrogen-bond donors (Lipinski definition) is 1. The van der Waals surface area contributed by atoms with E-state index in [1.807, 2.05) is 30.3 Å². The van der Waals surface area contributed by atoms with E-state index in [1.54, 1.807) is 23.1 Å². The topological polar surface area (TPSA) is 79.3 Å². The Hall–Kier alpha value is -3.06. The van der Waals surface area contributed by atoms with Crippen molar-refractivity contribution in [3.8, 4) is 5.75 Å². The van der Waals surface area contributed by atoms with Crippen LogP contribution in [-0.4, -0.2) is 60.8 Å². The number of anilines is 1. The fraction of sp³-hybridized carbons (Fsp3) is 0.333. The SMILES string of the molecule is O=C(O)c1cccc(CN2CC(C(=O)N3CCOCC3)Oc3ccccc32)c1. The van der Waals surface area contributed by atoms with Crippen LogP contribution in [0.3, 0.4) is 0 Å². The van der Waals surface area contributed by atoms with Crippen LogP contribution in [0.4, 0.5) is 5.69 Å². The minimum atomic E-state index is -0.954. The van der Waals surface area contributed by atoms with E-state index in [9.17, 15) is 14.7 Å². The van der Waals surface area contributed by atoms with Crippen molar-refractivity contribution in [2.24, 2.45) is 0 Å². The lowest BCUT2D eigenvalue weighted by Gasteiger charge is -2.38. The Kier molecular flexibility index (Phi) is 5.16. The highest BCUT2D eigenvalue weighted by molar-refractivity contribution is 5.87. The molecule has 1 fully saturated rings. The van der Waals surface area contributed by atoms with Gasteiger partial charge in [-0.25, -0.2) is 4.79 Å². The maximum atomic E-state index is 12.9. The third-order valence-electron chi connectivity index (χ3n) is 5.01. The van der Waals surface area contributed by atoms with Gasteiger partial charge in [0.1, 0.15) is 5.75 Å². The molecule has 146 valence electrons. The van der Waals surface area contributed by atoms with E-state index < -0.39 is 12.1 Å². The van der Waals surface area contributed by atoms with Crippen molar-refractivity contribution in [2.45, 2.75) is 12.6 Å². The molecule has 2 aliphatic heterocycles. The zero-order chi connectivity index (χ0) is 19.5. The lowest BCUT2D eigenvalue weighted by atomic mass is 10.1.